The number of rotatable bonds is 5. The van der Waals surface area contributed by atoms with Gasteiger partial charge in [-0.2, -0.15) is 0 Å². The molecule has 0 unspecified atom stereocenters. The lowest BCUT2D eigenvalue weighted by Gasteiger charge is -2.12. The lowest BCUT2D eigenvalue weighted by Crippen LogP contribution is -2.17. The third kappa shape index (κ3) is 5.44. The second-order valence-corrected chi connectivity index (χ2v) is 4.68. The van der Waals surface area contributed by atoms with E-state index in [1.165, 1.54) is 12.1 Å². The van der Waals surface area contributed by atoms with Gasteiger partial charge in [0.05, 0.1) is 4.47 Å². The number of nitrogens with one attached hydrogen (secondary N) is 1. The standard InChI is InChI=1S/C12H13BrF3NO/c1-8(2)5-6-17-9-3-4-11(10(13)7-9)18-12(14,15)16/h3-4,7,17H,1,5-6H2,2H3. The topological polar surface area (TPSA) is 21.3 Å². The van der Waals surface area contributed by atoms with Crippen LogP contribution < -0.4 is 10.1 Å². The van der Waals surface area contributed by atoms with Crippen molar-refractivity contribution in [2.24, 2.45) is 0 Å². The van der Waals surface area contributed by atoms with Crippen LogP contribution in [0, 0.1) is 0 Å². The Balaban J connectivity index is 2.64. The molecule has 0 aliphatic rings. The normalized spacial score (nSPS) is 11.2. The molecule has 1 aromatic rings. The second-order valence-electron chi connectivity index (χ2n) is 3.83. The summed E-state index contributed by atoms with van der Waals surface area (Å²) in [6.07, 6.45) is -3.88. The first-order valence-electron chi connectivity index (χ1n) is 5.21. The predicted octanol–water partition coefficient (Wildman–Crippen LogP) is 4.73. The minimum Gasteiger partial charge on any atom is -0.405 e. The van der Waals surface area contributed by atoms with Crippen LogP contribution in [0.4, 0.5) is 18.9 Å². The Morgan fingerprint density at radius 1 is 1.44 bits per heavy atom. The molecule has 1 N–H and O–H groups in total. The van der Waals surface area contributed by atoms with E-state index in [1.54, 1.807) is 6.07 Å². The molecule has 2 nitrogen and oxygen atoms in total. The van der Waals surface area contributed by atoms with E-state index < -0.39 is 6.36 Å². The lowest BCUT2D eigenvalue weighted by molar-refractivity contribution is -0.274. The maximum absolute atomic E-state index is 12.0. The first kappa shape index (κ1) is 14.9. The molecule has 0 spiro atoms. The van der Waals surface area contributed by atoms with Crippen LogP contribution in [0.15, 0.2) is 34.8 Å². The summed E-state index contributed by atoms with van der Waals surface area (Å²) >= 11 is 3.04. The average molecular weight is 324 g/mol. The molecule has 0 bridgehead atoms. The summed E-state index contributed by atoms with van der Waals surface area (Å²) in [5.41, 5.74) is 1.76. The predicted molar refractivity (Wildman–Crippen MR) is 68.7 cm³/mol. The monoisotopic (exact) mass is 323 g/mol. The van der Waals surface area contributed by atoms with E-state index in [2.05, 4.69) is 32.6 Å². The van der Waals surface area contributed by atoms with Crippen molar-refractivity contribution < 1.29 is 17.9 Å². The Kier molecular flexibility index (Phi) is 5.07. The zero-order valence-corrected chi connectivity index (χ0v) is 11.4. The molecule has 0 saturated heterocycles. The average Bonchev–Trinajstić information content (AvgIpc) is 2.19. The molecule has 6 heteroatoms. The van der Waals surface area contributed by atoms with Crippen molar-refractivity contribution >= 4 is 21.6 Å². The second kappa shape index (κ2) is 6.13. The summed E-state index contributed by atoms with van der Waals surface area (Å²) in [5, 5.41) is 3.08. The van der Waals surface area contributed by atoms with Crippen molar-refractivity contribution in [1.82, 2.24) is 0 Å². The summed E-state index contributed by atoms with van der Waals surface area (Å²) in [4.78, 5) is 0. The van der Waals surface area contributed by atoms with Crippen molar-refractivity contribution in [2.75, 3.05) is 11.9 Å². The third-order valence-electron chi connectivity index (χ3n) is 2.04. The van der Waals surface area contributed by atoms with Gasteiger partial charge in [-0.25, -0.2) is 0 Å². The molecule has 18 heavy (non-hydrogen) atoms. The maximum atomic E-state index is 12.0. The Hall–Kier alpha value is -1.17. The van der Waals surface area contributed by atoms with E-state index in [0.717, 1.165) is 17.7 Å². The van der Waals surface area contributed by atoms with Crippen LogP contribution in [0.2, 0.25) is 0 Å². The van der Waals surface area contributed by atoms with Crippen molar-refractivity contribution in [3.8, 4) is 5.75 Å². The van der Waals surface area contributed by atoms with Crippen molar-refractivity contribution in [3.05, 3.63) is 34.8 Å². The van der Waals surface area contributed by atoms with Gasteiger partial charge in [-0.3, -0.25) is 0 Å². The summed E-state index contributed by atoms with van der Waals surface area (Å²) in [6, 6.07) is 4.34. The van der Waals surface area contributed by atoms with Gasteiger partial charge in [0, 0.05) is 12.2 Å². The van der Waals surface area contributed by atoms with Gasteiger partial charge in [0.25, 0.3) is 0 Å². The smallest absolute Gasteiger partial charge is 0.405 e. The maximum Gasteiger partial charge on any atom is 0.573 e. The van der Waals surface area contributed by atoms with Crippen LogP contribution in [0.5, 0.6) is 5.75 Å². The fraction of sp³-hybridized carbons (Fsp3) is 0.333. The van der Waals surface area contributed by atoms with E-state index in [9.17, 15) is 13.2 Å². The highest BCUT2D eigenvalue weighted by atomic mass is 79.9. The minimum atomic E-state index is -4.68. The number of ether oxygens (including phenoxy) is 1. The highest BCUT2D eigenvalue weighted by Crippen LogP contribution is 2.32. The fourth-order valence-electron chi connectivity index (χ4n) is 1.24. The molecule has 0 heterocycles. The van der Waals surface area contributed by atoms with Gasteiger partial charge in [0.1, 0.15) is 5.75 Å². The number of alkyl halides is 3. The highest BCUT2D eigenvalue weighted by Gasteiger charge is 2.31. The molecular formula is C12H13BrF3NO. The van der Waals surface area contributed by atoms with E-state index in [-0.39, 0.29) is 10.2 Å². The van der Waals surface area contributed by atoms with Gasteiger partial charge in [0.2, 0.25) is 0 Å². The number of halogens is 4. The number of benzene rings is 1. The van der Waals surface area contributed by atoms with Gasteiger partial charge in [-0.1, -0.05) is 5.57 Å². The van der Waals surface area contributed by atoms with Gasteiger partial charge in [-0.05, 0) is 47.5 Å². The molecule has 100 valence electrons. The van der Waals surface area contributed by atoms with Crippen molar-refractivity contribution in [2.45, 2.75) is 19.7 Å². The van der Waals surface area contributed by atoms with Crippen LogP contribution >= 0.6 is 15.9 Å². The zero-order chi connectivity index (χ0) is 13.8. The van der Waals surface area contributed by atoms with E-state index >= 15 is 0 Å². The molecular weight excluding hydrogens is 311 g/mol. The molecule has 0 aliphatic carbocycles. The summed E-state index contributed by atoms with van der Waals surface area (Å²) < 4.78 is 40.2. The Morgan fingerprint density at radius 3 is 2.61 bits per heavy atom. The number of anilines is 1. The van der Waals surface area contributed by atoms with Crippen molar-refractivity contribution in [3.63, 3.8) is 0 Å². The summed E-state index contributed by atoms with van der Waals surface area (Å²) in [6.45, 7) is 6.36. The SMILES string of the molecule is C=C(C)CCNc1ccc(OC(F)(F)F)c(Br)c1. The van der Waals surface area contributed by atoms with E-state index in [1.807, 2.05) is 6.92 Å². The highest BCUT2D eigenvalue weighted by molar-refractivity contribution is 9.10. The first-order chi connectivity index (χ1) is 8.28. The molecule has 1 rings (SSSR count). The van der Waals surface area contributed by atoms with Gasteiger partial charge < -0.3 is 10.1 Å². The van der Waals surface area contributed by atoms with Crippen LogP contribution in [0.3, 0.4) is 0 Å². The molecule has 0 saturated carbocycles. The van der Waals surface area contributed by atoms with Gasteiger partial charge in [-0.15, -0.1) is 19.8 Å². The quantitative estimate of drug-likeness (QED) is 0.791. The number of hydrogen-bond acceptors (Lipinski definition) is 2. The van der Waals surface area contributed by atoms with E-state index in [4.69, 9.17) is 0 Å². The van der Waals surface area contributed by atoms with Crippen LogP contribution in [0.25, 0.3) is 0 Å². The third-order valence-corrected chi connectivity index (χ3v) is 2.66. The molecule has 0 aromatic heterocycles. The first-order valence-corrected chi connectivity index (χ1v) is 6.01. The molecule has 0 radical (unpaired) electrons. The molecule has 0 fully saturated rings. The molecule has 0 amide bonds. The van der Waals surface area contributed by atoms with Crippen molar-refractivity contribution in [1.29, 1.82) is 0 Å². The molecule has 0 atom stereocenters. The lowest BCUT2D eigenvalue weighted by atomic mass is 10.2. The summed E-state index contributed by atoms with van der Waals surface area (Å²) in [7, 11) is 0. The molecule has 1 aromatic carbocycles. The molecule has 0 aliphatic heterocycles. The minimum absolute atomic E-state index is 0.250. The zero-order valence-electron chi connectivity index (χ0n) is 9.77. The van der Waals surface area contributed by atoms with Crippen LogP contribution in [0.1, 0.15) is 13.3 Å². The van der Waals surface area contributed by atoms with Gasteiger partial charge in [0.15, 0.2) is 0 Å². The van der Waals surface area contributed by atoms with Crippen LogP contribution in [-0.2, 0) is 0 Å². The Morgan fingerprint density at radius 2 is 2.11 bits per heavy atom. The Labute approximate surface area is 112 Å². The fourth-order valence-corrected chi connectivity index (χ4v) is 1.70. The number of hydrogen-bond donors (Lipinski definition) is 1. The Bertz CT molecular complexity index is 432. The largest absolute Gasteiger partial charge is 0.573 e. The van der Waals surface area contributed by atoms with Gasteiger partial charge >= 0.3 is 6.36 Å². The van der Waals surface area contributed by atoms with Crippen LogP contribution in [-0.4, -0.2) is 12.9 Å². The van der Waals surface area contributed by atoms with E-state index in [0.29, 0.717) is 6.54 Å². The summed E-state index contributed by atoms with van der Waals surface area (Å²) in [5.74, 6) is -0.257.